The highest BCUT2D eigenvalue weighted by molar-refractivity contribution is 4.84. The lowest BCUT2D eigenvalue weighted by Crippen LogP contribution is -2.35. The molecule has 1 rings (SSSR count). The minimum Gasteiger partial charge on any atom is -0.388 e. The van der Waals surface area contributed by atoms with Gasteiger partial charge in [0.15, 0.2) is 0 Å². The van der Waals surface area contributed by atoms with Gasteiger partial charge in [0.25, 0.3) is 0 Å². The molecule has 1 N–H and O–H groups in total. The standard InChI is InChI=1S/C10H20O5.C2H6/c1-3-13-6-8-10(11)9(7-15-8)14-5-4-12-2;1-2/h8-11H,3-7H2,1-2H3;1-2H3. The molecule has 5 nitrogen and oxygen atoms in total. The summed E-state index contributed by atoms with van der Waals surface area (Å²) in [5.41, 5.74) is 0. The van der Waals surface area contributed by atoms with Crippen molar-refractivity contribution < 1.29 is 24.1 Å². The lowest BCUT2D eigenvalue weighted by Gasteiger charge is -2.17. The Kier molecular flexibility index (Phi) is 10.8. The molecule has 1 fully saturated rings. The smallest absolute Gasteiger partial charge is 0.111 e. The number of hydrogen-bond acceptors (Lipinski definition) is 5. The van der Waals surface area contributed by atoms with E-state index >= 15 is 0 Å². The molecule has 0 aromatic carbocycles. The second-order valence-electron chi connectivity index (χ2n) is 3.42. The minimum absolute atomic E-state index is 0.259. The molecule has 0 radical (unpaired) electrons. The number of aliphatic hydroxyl groups is 1. The molecule has 0 saturated carbocycles. The van der Waals surface area contributed by atoms with Gasteiger partial charge >= 0.3 is 0 Å². The third-order valence-electron chi connectivity index (χ3n) is 2.34. The third-order valence-corrected chi connectivity index (χ3v) is 2.34. The fourth-order valence-corrected chi connectivity index (χ4v) is 1.47. The molecule has 17 heavy (non-hydrogen) atoms. The van der Waals surface area contributed by atoms with Crippen LogP contribution < -0.4 is 0 Å². The Morgan fingerprint density at radius 3 is 2.59 bits per heavy atom. The highest BCUT2D eigenvalue weighted by Gasteiger charge is 2.36. The van der Waals surface area contributed by atoms with E-state index in [1.165, 1.54) is 0 Å². The predicted octanol–water partition coefficient (Wildman–Crippen LogP) is 0.840. The van der Waals surface area contributed by atoms with Crippen LogP contribution in [0.4, 0.5) is 0 Å². The van der Waals surface area contributed by atoms with Gasteiger partial charge in [-0.05, 0) is 6.92 Å². The molecule has 1 aliphatic heterocycles. The van der Waals surface area contributed by atoms with Crippen LogP contribution >= 0.6 is 0 Å². The molecule has 5 heteroatoms. The van der Waals surface area contributed by atoms with Gasteiger partial charge in [0.1, 0.15) is 18.3 Å². The Morgan fingerprint density at radius 2 is 2.00 bits per heavy atom. The van der Waals surface area contributed by atoms with E-state index in [4.69, 9.17) is 18.9 Å². The molecule has 3 unspecified atom stereocenters. The molecule has 0 bridgehead atoms. The van der Waals surface area contributed by atoms with Crippen LogP contribution in [0.3, 0.4) is 0 Å². The van der Waals surface area contributed by atoms with Gasteiger partial charge in [-0.25, -0.2) is 0 Å². The molecule has 104 valence electrons. The van der Waals surface area contributed by atoms with Gasteiger partial charge in [-0.1, -0.05) is 13.8 Å². The maximum atomic E-state index is 9.80. The SMILES string of the molecule is CC.CCOCC1OCC(OCCOC)C1O. The van der Waals surface area contributed by atoms with E-state index in [2.05, 4.69) is 0 Å². The molecule has 0 aromatic heterocycles. The number of methoxy groups -OCH3 is 1. The topological polar surface area (TPSA) is 57.2 Å². The average molecular weight is 250 g/mol. The van der Waals surface area contributed by atoms with Crippen LogP contribution in [0.25, 0.3) is 0 Å². The number of hydrogen-bond donors (Lipinski definition) is 1. The Balaban J connectivity index is 0.00000121. The second-order valence-corrected chi connectivity index (χ2v) is 3.42. The van der Waals surface area contributed by atoms with E-state index in [0.29, 0.717) is 33.0 Å². The molecule has 1 heterocycles. The molecule has 0 aromatic rings. The van der Waals surface area contributed by atoms with Crippen LogP contribution in [-0.4, -0.2) is 63.6 Å². The van der Waals surface area contributed by atoms with E-state index in [9.17, 15) is 5.11 Å². The highest BCUT2D eigenvalue weighted by Crippen LogP contribution is 2.17. The van der Waals surface area contributed by atoms with Gasteiger partial charge in [0.05, 0.1) is 26.4 Å². The number of aliphatic hydroxyl groups excluding tert-OH is 1. The fourth-order valence-electron chi connectivity index (χ4n) is 1.47. The lowest BCUT2D eigenvalue weighted by atomic mass is 10.1. The van der Waals surface area contributed by atoms with Crippen LogP contribution in [0, 0.1) is 0 Å². The van der Waals surface area contributed by atoms with Crippen LogP contribution in [0.15, 0.2) is 0 Å². The molecular formula is C12H26O5. The van der Waals surface area contributed by atoms with Crippen molar-refractivity contribution in [3.05, 3.63) is 0 Å². The monoisotopic (exact) mass is 250 g/mol. The van der Waals surface area contributed by atoms with Crippen molar-refractivity contribution >= 4 is 0 Å². The zero-order valence-electron chi connectivity index (χ0n) is 11.3. The van der Waals surface area contributed by atoms with E-state index in [1.807, 2.05) is 20.8 Å². The van der Waals surface area contributed by atoms with Crippen molar-refractivity contribution in [2.75, 3.05) is 40.1 Å². The predicted molar refractivity (Wildman–Crippen MR) is 65.2 cm³/mol. The van der Waals surface area contributed by atoms with Crippen molar-refractivity contribution in [2.24, 2.45) is 0 Å². The Hall–Kier alpha value is -0.200. The first-order valence-corrected chi connectivity index (χ1v) is 6.27. The van der Waals surface area contributed by atoms with Crippen molar-refractivity contribution in [3.8, 4) is 0 Å². The third kappa shape index (κ3) is 6.33. The quantitative estimate of drug-likeness (QED) is 0.679. The summed E-state index contributed by atoms with van der Waals surface area (Å²) >= 11 is 0. The van der Waals surface area contributed by atoms with Gasteiger partial charge in [-0.3, -0.25) is 0 Å². The summed E-state index contributed by atoms with van der Waals surface area (Å²) in [6, 6.07) is 0. The minimum atomic E-state index is -0.603. The molecular weight excluding hydrogens is 224 g/mol. The molecule has 1 aliphatic rings. The molecule has 0 amide bonds. The van der Waals surface area contributed by atoms with Gasteiger partial charge in [0.2, 0.25) is 0 Å². The van der Waals surface area contributed by atoms with Crippen LogP contribution in [0.1, 0.15) is 20.8 Å². The van der Waals surface area contributed by atoms with Crippen LogP contribution in [0.5, 0.6) is 0 Å². The second kappa shape index (κ2) is 10.9. The van der Waals surface area contributed by atoms with Gasteiger partial charge in [-0.2, -0.15) is 0 Å². The summed E-state index contributed by atoms with van der Waals surface area (Å²) in [7, 11) is 1.61. The van der Waals surface area contributed by atoms with Crippen LogP contribution in [0.2, 0.25) is 0 Å². The van der Waals surface area contributed by atoms with Crippen molar-refractivity contribution in [1.29, 1.82) is 0 Å². The van der Waals surface area contributed by atoms with Gasteiger partial charge < -0.3 is 24.1 Å². The number of rotatable bonds is 7. The van der Waals surface area contributed by atoms with E-state index in [-0.39, 0.29) is 12.2 Å². The highest BCUT2D eigenvalue weighted by atomic mass is 16.6. The summed E-state index contributed by atoms with van der Waals surface area (Å²) < 4.78 is 20.8. The van der Waals surface area contributed by atoms with E-state index in [0.717, 1.165) is 0 Å². The largest absolute Gasteiger partial charge is 0.388 e. The molecule has 1 saturated heterocycles. The first-order valence-electron chi connectivity index (χ1n) is 6.27. The fraction of sp³-hybridized carbons (Fsp3) is 1.00. The molecule has 0 spiro atoms. The Labute approximate surface area is 104 Å². The van der Waals surface area contributed by atoms with E-state index in [1.54, 1.807) is 7.11 Å². The number of ether oxygens (including phenoxy) is 4. The summed E-state index contributed by atoms with van der Waals surface area (Å²) in [5, 5.41) is 9.80. The van der Waals surface area contributed by atoms with Gasteiger partial charge in [0, 0.05) is 13.7 Å². The summed E-state index contributed by atoms with van der Waals surface area (Å²) in [5.74, 6) is 0. The first-order chi connectivity index (χ1) is 8.29. The van der Waals surface area contributed by atoms with Crippen molar-refractivity contribution in [2.45, 2.75) is 39.1 Å². The summed E-state index contributed by atoms with van der Waals surface area (Å²) in [4.78, 5) is 0. The van der Waals surface area contributed by atoms with Crippen molar-refractivity contribution in [1.82, 2.24) is 0 Å². The maximum absolute atomic E-state index is 9.80. The van der Waals surface area contributed by atoms with E-state index < -0.39 is 6.10 Å². The van der Waals surface area contributed by atoms with Crippen LogP contribution in [-0.2, 0) is 18.9 Å². The normalized spacial score (nSPS) is 27.7. The lowest BCUT2D eigenvalue weighted by molar-refractivity contribution is -0.0468. The summed E-state index contributed by atoms with van der Waals surface area (Å²) in [6.45, 7) is 8.38. The average Bonchev–Trinajstić information content (AvgIpc) is 2.71. The van der Waals surface area contributed by atoms with Gasteiger partial charge in [-0.15, -0.1) is 0 Å². The Morgan fingerprint density at radius 1 is 1.29 bits per heavy atom. The zero-order chi connectivity index (χ0) is 13.1. The summed E-state index contributed by atoms with van der Waals surface area (Å²) in [6.07, 6.45) is -1.13. The molecule has 3 atom stereocenters. The zero-order valence-corrected chi connectivity index (χ0v) is 11.3. The maximum Gasteiger partial charge on any atom is 0.111 e. The Bertz CT molecular complexity index is 165. The first kappa shape index (κ1) is 16.8. The molecule has 0 aliphatic carbocycles. The van der Waals surface area contributed by atoms with Crippen molar-refractivity contribution in [3.63, 3.8) is 0 Å².